The molecule has 8 aromatic rings. The number of hydrogen-bond donors (Lipinski definition) is 1. The Morgan fingerprint density at radius 2 is 1.04 bits per heavy atom. The molecule has 0 saturated carbocycles. The first-order valence-corrected chi connectivity index (χ1v) is 16.2. The molecule has 1 aromatic heterocycles. The summed E-state index contributed by atoms with van der Waals surface area (Å²) in [6.07, 6.45) is 0. The van der Waals surface area contributed by atoms with Gasteiger partial charge in [-0.15, -0.1) is 0 Å². The lowest BCUT2D eigenvalue weighted by Crippen LogP contribution is -1.97. The number of furan rings is 1. The highest BCUT2D eigenvalue weighted by Gasteiger charge is 2.19. The maximum atomic E-state index is 6.73. The lowest BCUT2D eigenvalue weighted by atomic mass is 9.94. The van der Waals surface area contributed by atoms with Crippen molar-refractivity contribution < 1.29 is 4.42 Å². The molecule has 0 aliphatic heterocycles. The molecule has 0 aliphatic rings. The summed E-state index contributed by atoms with van der Waals surface area (Å²) in [6, 6.07) is 52.6. The van der Waals surface area contributed by atoms with Crippen LogP contribution in [0.3, 0.4) is 0 Å². The summed E-state index contributed by atoms with van der Waals surface area (Å²) in [7, 11) is 1.50. The van der Waals surface area contributed by atoms with Crippen LogP contribution in [-0.2, 0) is 0 Å². The molecule has 7 aromatic carbocycles. The van der Waals surface area contributed by atoms with Crippen molar-refractivity contribution in [3.8, 4) is 11.1 Å². The smallest absolute Gasteiger partial charge is 0.143 e. The molecule has 8 rings (SSSR count). The lowest BCUT2D eigenvalue weighted by molar-refractivity contribution is 0.674. The summed E-state index contributed by atoms with van der Waals surface area (Å²) in [5, 5.41) is 7.13. The minimum atomic E-state index is -0.117. The first-order valence-electron chi connectivity index (χ1n) is 16.2. The third kappa shape index (κ3) is 6.72. The third-order valence-corrected chi connectivity index (χ3v) is 8.13. The maximum absolute atomic E-state index is 6.73. The van der Waals surface area contributed by atoms with Gasteiger partial charge in [-0.2, -0.15) is 0 Å². The van der Waals surface area contributed by atoms with Crippen LogP contribution in [0.4, 0.5) is 0 Å². The molecule has 1 atom stereocenters. The van der Waals surface area contributed by atoms with Gasteiger partial charge in [0.2, 0.25) is 0 Å². The largest absolute Gasteiger partial charge is 0.455 e. The first-order chi connectivity index (χ1) is 23.2. The molecule has 0 bridgehead atoms. The quantitative estimate of drug-likeness (QED) is 0.158. The monoisotopic (exact) mass is 614 g/mol. The summed E-state index contributed by atoms with van der Waals surface area (Å²) < 4.78 is 6.73. The number of aliphatic imine (C=N–C) groups is 1. The van der Waals surface area contributed by atoms with Crippen LogP contribution in [0, 0.1) is 6.92 Å². The number of fused-ring (bicyclic) bond motifs is 8. The Kier molecular flexibility index (Phi) is 11.0. The van der Waals surface area contributed by atoms with E-state index in [1.54, 1.807) is 0 Å². The van der Waals surface area contributed by atoms with Crippen LogP contribution in [0.2, 0.25) is 0 Å². The van der Waals surface area contributed by atoms with Gasteiger partial charge >= 0.3 is 0 Å². The molecular formula is C44H42N2O. The average Bonchev–Trinajstić information content (AvgIpc) is 3.56. The Morgan fingerprint density at radius 3 is 1.66 bits per heavy atom. The van der Waals surface area contributed by atoms with Crippen molar-refractivity contribution in [3.05, 3.63) is 168 Å². The van der Waals surface area contributed by atoms with Crippen LogP contribution in [-0.4, -0.2) is 13.8 Å². The van der Waals surface area contributed by atoms with Gasteiger partial charge in [0, 0.05) is 21.7 Å². The topological polar surface area (TPSA) is 51.5 Å². The lowest BCUT2D eigenvalue weighted by Gasteiger charge is -2.14. The molecule has 1 heterocycles. The predicted octanol–water partition coefficient (Wildman–Crippen LogP) is 11.9. The van der Waals surface area contributed by atoms with Gasteiger partial charge in [0.25, 0.3) is 0 Å². The van der Waals surface area contributed by atoms with Crippen LogP contribution in [0.25, 0.3) is 54.6 Å². The zero-order chi connectivity index (χ0) is 33.2. The van der Waals surface area contributed by atoms with Crippen molar-refractivity contribution in [2.75, 3.05) is 7.05 Å². The van der Waals surface area contributed by atoms with E-state index in [0.717, 1.165) is 44.2 Å². The molecule has 0 amide bonds. The van der Waals surface area contributed by atoms with E-state index >= 15 is 0 Å². The Morgan fingerprint density at radius 1 is 0.532 bits per heavy atom. The van der Waals surface area contributed by atoms with Crippen LogP contribution in [0.1, 0.15) is 36.6 Å². The van der Waals surface area contributed by atoms with Crippen LogP contribution >= 0.6 is 0 Å². The van der Waals surface area contributed by atoms with Crippen molar-refractivity contribution in [2.24, 2.45) is 10.7 Å². The Balaban J connectivity index is 0.000000343. The van der Waals surface area contributed by atoms with Gasteiger partial charge < -0.3 is 10.2 Å². The summed E-state index contributed by atoms with van der Waals surface area (Å²) in [4.78, 5) is 4.46. The van der Waals surface area contributed by atoms with Crippen molar-refractivity contribution in [2.45, 2.75) is 26.8 Å². The highest BCUT2D eigenvalue weighted by atomic mass is 16.3. The number of nitrogens with zero attached hydrogens (tertiary/aromatic N) is 1. The van der Waals surface area contributed by atoms with Gasteiger partial charge in [-0.05, 0) is 59.6 Å². The second-order valence-corrected chi connectivity index (χ2v) is 10.9. The summed E-state index contributed by atoms with van der Waals surface area (Å²) in [6.45, 7) is 9.97. The number of nitrogens with two attached hydrogens (primary N) is 1. The van der Waals surface area contributed by atoms with E-state index in [2.05, 4.69) is 140 Å². The summed E-state index contributed by atoms with van der Waals surface area (Å²) >= 11 is 0. The fraction of sp³-hybridized carbons (Fsp3) is 0.114. The SMILES string of the molecule is C=NC(c1ccccc1)c1cccc(-c2cccc3c2oc2c4ccccc4c4ccccc4c32)c1.CC.CN.Cc1ccccc1. The van der Waals surface area contributed by atoms with E-state index in [0.29, 0.717) is 0 Å². The molecule has 0 radical (unpaired) electrons. The van der Waals surface area contributed by atoms with E-state index in [4.69, 9.17) is 4.42 Å². The van der Waals surface area contributed by atoms with Crippen molar-refractivity contribution in [1.82, 2.24) is 0 Å². The van der Waals surface area contributed by atoms with Gasteiger partial charge in [0.15, 0.2) is 0 Å². The first kappa shape index (κ1) is 32.9. The molecular weight excluding hydrogens is 572 g/mol. The fourth-order valence-electron chi connectivity index (χ4n) is 6.10. The van der Waals surface area contributed by atoms with Crippen LogP contribution in [0.15, 0.2) is 161 Å². The van der Waals surface area contributed by atoms with Crippen molar-refractivity contribution in [3.63, 3.8) is 0 Å². The third-order valence-electron chi connectivity index (χ3n) is 8.13. The second kappa shape index (κ2) is 15.7. The standard InChI is InChI=1S/C34H23NO.C7H8.C2H6.CH5N/c1-35-32(22-11-3-2-4-12-22)24-14-9-13-23(21-24)25-19-10-20-30-31-28-17-7-5-15-26(28)27-16-6-8-18-29(27)34(31)36-33(25)30;1-7-5-3-2-4-6-7;2*1-2/h2-21,32H,1H2;2-6H,1H3;1-2H3;2H2,1H3. The van der Waals surface area contributed by atoms with Gasteiger partial charge in [0.05, 0.1) is 6.04 Å². The van der Waals surface area contributed by atoms with E-state index in [1.807, 2.05) is 50.2 Å². The zero-order valence-corrected chi connectivity index (χ0v) is 27.7. The fourth-order valence-corrected chi connectivity index (χ4v) is 6.10. The average molecular weight is 615 g/mol. The number of rotatable bonds is 4. The van der Waals surface area contributed by atoms with E-state index in [1.165, 1.54) is 34.2 Å². The maximum Gasteiger partial charge on any atom is 0.143 e. The number of para-hydroxylation sites is 1. The van der Waals surface area contributed by atoms with Crippen molar-refractivity contribution in [1.29, 1.82) is 0 Å². The van der Waals surface area contributed by atoms with Gasteiger partial charge in [-0.1, -0.05) is 165 Å². The highest BCUT2D eigenvalue weighted by Crippen LogP contribution is 2.43. The molecule has 1 unspecified atom stereocenters. The summed E-state index contributed by atoms with van der Waals surface area (Å²) in [5.74, 6) is 0. The molecule has 0 aliphatic carbocycles. The Bertz CT molecular complexity index is 2220. The minimum Gasteiger partial charge on any atom is -0.455 e. The predicted molar refractivity (Wildman–Crippen MR) is 205 cm³/mol. The summed E-state index contributed by atoms with van der Waals surface area (Å²) in [5.41, 5.74) is 12.1. The van der Waals surface area contributed by atoms with E-state index in [9.17, 15) is 0 Å². The van der Waals surface area contributed by atoms with E-state index < -0.39 is 0 Å². The minimum absolute atomic E-state index is 0.117. The second-order valence-electron chi connectivity index (χ2n) is 10.9. The molecule has 3 nitrogen and oxygen atoms in total. The molecule has 3 heteroatoms. The normalized spacial score (nSPS) is 11.1. The molecule has 0 saturated heterocycles. The van der Waals surface area contributed by atoms with Crippen LogP contribution in [0.5, 0.6) is 0 Å². The van der Waals surface area contributed by atoms with Gasteiger partial charge in [0.1, 0.15) is 11.2 Å². The molecule has 47 heavy (non-hydrogen) atoms. The van der Waals surface area contributed by atoms with Gasteiger partial charge in [-0.25, -0.2) is 0 Å². The Labute approximate surface area is 278 Å². The highest BCUT2D eigenvalue weighted by molar-refractivity contribution is 6.30. The molecule has 234 valence electrons. The molecule has 2 N–H and O–H groups in total. The molecule has 0 fully saturated rings. The van der Waals surface area contributed by atoms with Crippen molar-refractivity contribution >= 4 is 50.2 Å². The number of hydrogen-bond acceptors (Lipinski definition) is 3. The molecule has 0 spiro atoms. The Hall–Kier alpha value is -5.51. The number of aryl methyl sites for hydroxylation is 1. The number of benzene rings is 7. The zero-order valence-electron chi connectivity index (χ0n) is 27.7. The van der Waals surface area contributed by atoms with Crippen LogP contribution < -0.4 is 5.73 Å². The van der Waals surface area contributed by atoms with Gasteiger partial charge in [-0.3, -0.25) is 4.99 Å². The van der Waals surface area contributed by atoms with E-state index in [-0.39, 0.29) is 6.04 Å².